The van der Waals surface area contributed by atoms with E-state index < -0.39 is 10.0 Å². The van der Waals surface area contributed by atoms with Gasteiger partial charge in [0.15, 0.2) is 5.82 Å². The zero-order chi connectivity index (χ0) is 18.1. The fourth-order valence-electron chi connectivity index (χ4n) is 2.21. The molecule has 0 saturated heterocycles. The Labute approximate surface area is 151 Å². The number of sulfonamides is 1. The van der Waals surface area contributed by atoms with Gasteiger partial charge in [-0.25, -0.2) is 13.4 Å². The summed E-state index contributed by atoms with van der Waals surface area (Å²) in [6.45, 7) is 3.99. The summed E-state index contributed by atoms with van der Waals surface area (Å²) >= 11 is 11.9. The molecule has 0 aliphatic carbocycles. The molecule has 0 fully saturated rings. The number of rotatable bonds is 5. The van der Waals surface area contributed by atoms with Gasteiger partial charge in [0.25, 0.3) is 0 Å². The van der Waals surface area contributed by atoms with Crippen molar-refractivity contribution in [2.75, 3.05) is 22.9 Å². The van der Waals surface area contributed by atoms with Gasteiger partial charge in [-0.15, -0.1) is 0 Å². The van der Waals surface area contributed by atoms with E-state index in [0.29, 0.717) is 17.2 Å². The molecule has 1 heterocycles. The van der Waals surface area contributed by atoms with Gasteiger partial charge >= 0.3 is 0 Å². The molecule has 130 valence electrons. The number of anilines is 3. The van der Waals surface area contributed by atoms with Gasteiger partial charge in [0.05, 0.1) is 23.8 Å². The first-order valence-electron chi connectivity index (χ1n) is 7.13. The molecule has 0 saturated carbocycles. The van der Waals surface area contributed by atoms with Crippen molar-refractivity contribution in [3.05, 3.63) is 40.3 Å². The highest BCUT2D eigenvalue weighted by Gasteiger charge is 2.22. The first kappa shape index (κ1) is 18.8. The summed E-state index contributed by atoms with van der Waals surface area (Å²) in [5, 5.41) is 3.38. The van der Waals surface area contributed by atoms with E-state index in [1.165, 1.54) is 17.5 Å². The van der Waals surface area contributed by atoms with E-state index in [4.69, 9.17) is 23.2 Å². The maximum absolute atomic E-state index is 12.1. The van der Waals surface area contributed by atoms with Crippen LogP contribution in [0.3, 0.4) is 0 Å². The summed E-state index contributed by atoms with van der Waals surface area (Å²) in [4.78, 5) is 7.85. The molecule has 0 aliphatic heterocycles. The summed E-state index contributed by atoms with van der Waals surface area (Å²) < 4.78 is 25.4. The largest absolute Gasteiger partial charge is 0.337 e. The first-order valence-corrected chi connectivity index (χ1v) is 9.73. The number of benzene rings is 1. The number of aromatic nitrogens is 2. The van der Waals surface area contributed by atoms with E-state index in [1.807, 2.05) is 26.0 Å². The highest BCUT2D eigenvalue weighted by atomic mass is 35.5. The third-order valence-electron chi connectivity index (χ3n) is 3.47. The lowest BCUT2D eigenvalue weighted by molar-refractivity contribution is 0.600. The van der Waals surface area contributed by atoms with E-state index in [1.54, 1.807) is 6.07 Å². The predicted octanol–water partition coefficient (Wildman–Crippen LogP) is 4.05. The molecule has 0 aliphatic rings. The number of hydrogen-bond donors (Lipinski definition) is 1. The Balaban J connectivity index is 2.61. The van der Waals surface area contributed by atoms with Crippen LogP contribution in [0.4, 0.5) is 17.2 Å². The highest BCUT2D eigenvalue weighted by molar-refractivity contribution is 7.92. The van der Waals surface area contributed by atoms with Crippen molar-refractivity contribution in [1.29, 1.82) is 0 Å². The average Bonchev–Trinajstić information content (AvgIpc) is 2.49. The van der Waals surface area contributed by atoms with Gasteiger partial charge in [0.2, 0.25) is 15.3 Å². The zero-order valence-corrected chi connectivity index (χ0v) is 16.0. The molecule has 0 atom stereocenters. The van der Waals surface area contributed by atoms with Crippen molar-refractivity contribution in [2.45, 2.75) is 19.8 Å². The van der Waals surface area contributed by atoms with Crippen LogP contribution in [0.1, 0.15) is 25.3 Å². The van der Waals surface area contributed by atoms with Gasteiger partial charge in [-0.3, -0.25) is 4.31 Å². The number of nitrogens with zero attached hydrogens (tertiary/aromatic N) is 3. The van der Waals surface area contributed by atoms with Crippen LogP contribution >= 0.6 is 23.2 Å². The van der Waals surface area contributed by atoms with Crippen LogP contribution in [0.5, 0.6) is 0 Å². The minimum Gasteiger partial charge on any atom is -0.337 e. The van der Waals surface area contributed by atoms with Crippen molar-refractivity contribution < 1.29 is 8.42 Å². The molecule has 0 radical (unpaired) electrons. The molecule has 0 amide bonds. The molecule has 9 heteroatoms. The topological polar surface area (TPSA) is 75.2 Å². The first-order chi connectivity index (χ1) is 11.1. The lowest BCUT2D eigenvalue weighted by Gasteiger charge is -2.25. The summed E-state index contributed by atoms with van der Waals surface area (Å²) in [6, 6.07) is 5.49. The van der Waals surface area contributed by atoms with Crippen molar-refractivity contribution in [3.63, 3.8) is 0 Å². The normalized spacial score (nSPS) is 11.6. The quantitative estimate of drug-likeness (QED) is 0.781. The van der Waals surface area contributed by atoms with E-state index in [0.717, 1.165) is 11.8 Å². The second-order valence-corrected chi connectivity index (χ2v) is 8.35. The minimum atomic E-state index is -3.44. The van der Waals surface area contributed by atoms with E-state index in [2.05, 4.69) is 15.3 Å². The third-order valence-corrected chi connectivity index (χ3v) is 5.11. The molecule has 1 N–H and O–H groups in total. The van der Waals surface area contributed by atoms with Crippen LogP contribution in [0, 0.1) is 0 Å². The predicted molar refractivity (Wildman–Crippen MR) is 99.1 cm³/mol. The third kappa shape index (κ3) is 4.09. The molecule has 2 aromatic rings. The van der Waals surface area contributed by atoms with Crippen LogP contribution < -0.4 is 9.62 Å². The number of hydrogen-bond acceptors (Lipinski definition) is 5. The van der Waals surface area contributed by atoms with Crippen LogP contribution in [-0.2, 0) is 10.0 Å². The van der Waals surface area contributed by atoms with E-state index in [-0.39, 0.29) is 16.2 Å². The molecule has 1 aromatic heterocycles. The molecule has 0 bridgehead atoms. The summed E-state index contributed by atoms with van der Waals surface area (Å²) in [6.07, 6.45) is 2.54. The summed E-state index contributed by atoms with van der Waals surface area (Å²) in [7, 11) is -1.93. The van der Waals surface area contributed by atoms with Crippen LogP contribution in [-0.4, -0.2) is 31.7 Å². The molecule has 2 rings (SSSR count). The molecule has 0 spiro atoms. The molecule has 1 aromatic carbocycles. The molecular formula is C15H18Cl2N4O2S. The fourth-order valence-corrected chi connectivity index (χ4v) is 3.01. The van der Waals surface area contributed by atoms with Gasteiger partial charge in [0.1, 0.15) is 5.02 Å². The Kier molecular flexibility index (Phi) is 5.57. The Morgan fingerprint density at radius 2 is 1.92 bits per heavy atom. The maximum atomic E-state index is 12.1. The number of nitrogens with one attached hydrogen (secondary N) is 1. The monoisotopic (exact) mass is 388 g/mol. The second-order valence-electron chi connectivity index (χ2n) is 5.59. The summed E-state index contributed by atoms with van der Waals surface area (Å²) in [5.41, 5.74) is 1.98. The van der Waals surface area contributed by atoms with Crippen LogP contribution in [0.25, 0.3) is 0 Å². The summed E-state index contributed by atoms with van der Waals surface area (Å²) in [5.74, 6) is 0.427. The average molecular weight is 389 g/mol. The van der Waals surface area contributed by atoms with E-state index in [9.17, 15) is 8.42 Å². The van der Waals surface area contributed by atoms with Crippen molar-refractivity contribution in [2.24, 2.45) is 0 Å². The Bertz CT molecular complexity index is 857. The van der Waals surface area contributed by atoms with Gasteiger partial charge in [-0.2, -0.15) is 4.98 Å². The zero-order valence-electron chi connectivity index (χ0n) is 13.7. The lowest BCUT2D eigenvalue weighted by atomic mass is 10.00. The van der Waals surface area contributed by atoms with Crippen molar-refractivity contribution in [1.82, 2.24) is 9.97 Å². The standard InChI is InChI=1S/C15H18Cl2N4O2S/c1-9(2)10-6-5-7-12(13(10)21(3)24(4,22)23)19-14-11(16)8-18-15(17)20-14/h5-9H,1-4H3,(H,18,19,20). The Morgan fingerprint density at radius 1 is 1.25 bits per heavy atom. The number of para-hydroxylation sites is 1. The Morgan fingerprint density at radius 3 is 2.50 bits per heavy atom. The number of halogens is 2. The second kappa shape index (κ2) is 7.13. The fraction of sp³-hybridized carbons (Fsp3) is 0.333. The van der Waals surface area contributed by atoms with Crippen molar-refractivity contribution >= 4 is 50.4 Å². The van der Waals surface area contributed by atoms with Gasteiger partial charge in [-0.05, 0) is 29.1 Å². The minimum absolute atomic E-state index is 0.0416. The lowest BCUT2D eigenvalue weighted by Crippen LogP contribution is -2.27. The van der Waals surface area contributed by atoms with Crippen LogP contribution in [0.2, 0.25) is 10.3 Å². The molecule has 6 nitrogen and oxygen atoms in total. The molecular weight excluding hydrogens is 371 g/mol. The van der Waals surface area contributed by atoms with Gasteiger partial charge < -0.3 is 5.32 Å². The molecule has 24 heavy (non-hydrogen) atoms. The van der Waals surface area contributed by atoms with Crippen LogP contribution in [0.15, 0.2) is 24.4 Å². The van der Waals surface area contributed by atoms with Crippen molar-refractivity contribution in [3.8, 4) is 0 Å². The Hall–Kier alpha value is -1.57. The SMILES string of the molecule is CC(C)c1cccc(Nc2nc(Cl)ncc2Cl)c1N(C)S(C)(=O)=O. The highest BCUT2D eigenvalue weighted by Crippen LogP contribution is 2.37. The van der Waals surface area contributed by atoms with E-state index >= 15 is 0 Å². The van der Waals surface area contributed by atoms with Gasteiger partial charge in [0, 0.05) is 7.05 Å². The smallest absolute Gasteiger partial charge is 0.232 e. The maximum Gasteiger partial charge on any atom is 0.232 e. The molecule has 0 unspecified atom stereocenters. The van der Waals surface area contributed by atoms with Gasteiger partial charge in [-0.1, -0.05) is 37.6 Å².